The summed E-state index contributed by atoms with van der Waals surface area (Å²) < 4.78 is 55.7. The summed E-state index contributed by atoms with van der Waals surface area (Å²) in [6.07, 6.45) is -1.06. The molecule has 0 spiro atoms. The molecule has 2 aromatic rings. The highest BCUT2D eigenvalue weighted by Gasteiger charge is 2.23. The molecule has 23 heavy (non-hydrogen) atoms. The summed E-state index contributed by atoms with van der Waals surface area (Å²) in [5.41, 5.74) is -0.522. The van der Waals surface area contributed by atoms with Gasteiger partial charge in [-0.15, -0.1) is 0 Å². The van der Waals surface area contributed by atoms with Crippen LogP contribution in [0, 0.1) is 11.6 Å². The highest BCUT2D eigenvalue weighted by Crippen LogP contribution is 2.25. The third-order valence-electron chi connectivity index (χ3n) is 2.88. The number of hydrogen-bond donors (Lipinski definition) is 2. The highest BCUT2D eigenvalue weighted by atomic mass is 32.1. The largest absolute Gasteiger partial charge is 0.432 e. The molecule has 0 fully saturated rings. The number of rotatable bonds is 6. The average Bonchev–Trinajstić information content (AvgIpc) is 3.02. The first kappa shape index (κ1) is 17.2. The molecule has 0 saturated carbocycles. The first-order chi connectivity index (χ1) is 10.9. The fourth-order valence-corrected chi connectivity index (χ4v) is 2.50. The van der Waals surface area contributed by atoms with Gasteiger partial charge in [0, 0.05) is 6.54 Å². The number of nitrogens with one attached hydrogen (secondary N) is 1. The minimum Gasteiger partial charge on any atom is -0.432 e. The Hall–Kier alpha value is -2.13. The predicted molar refractivity (Wildman–Crippen MR) is 74.6 cm³/mol. The molecule has 9 heteroatoms. The molecule has 2 rings (SSSR count). The van der Waals surface area contributed by atoms with Gasteiger partial charge in [-0.2, -0.15) is 20.1 Å². The number of hydrogen-bond acceptors (Lipinski definition) is 4. The molecule has 1 unspecified atom stereocenters. The number of aliphatic hydroxyl groups excluding tert-OH is 1. The molecule has 1 aromatic heterocycles. The van der Waals surface area contributed by atoms with E-state index in [4.69, 9.17) is 0 Å². The summed E-state index contributed by atoms with van der Waals surface area (Å²) in [5, 5.41) is 15.3. The van der Waals surface area contributed by atoms with Crippen molar-refractivity contribution < 1.29 is 32.2 Å². The predicted octanol–water partition coefficient (Wildman–Crippen LogP) is 3.09. The van der Waals surface area contributed by atoms with Crippen LogP contribution < -0.4 is 10.1 Å². The Kier molecular flexibility index (Phi) is 5.56. The Morgan fingerprint density at radius 1 is 1.30 bits per heavy atom. The van der Waals surface area contributed by atoms with Crippen LogP contribution in [0.1, 0.15) is 22.0 Å². The van der Waals surface area contributed by atoms with Crippen molar-refractivity contribution in [2.45, 2.75) is 12.7 Å². The van der Waals surface area contributed by atoms with Gasteiger partial charge in [0.1, 0.15) is 11.4 Å². The van der Waals surface area contributed by atoms with E-state index >= 15 is 0 Å². The molecule has 124 valence electrons. The van der Waals surface area contributed by atoms with Gasteiger partial charge >= 0.3 is 6.61 Å². The van der Waals surface area contributed by atoms with E-state index in [0.717, 1.165) is 0 Å². The average molecular weight is 349 g/mol. The van der Waals surface area contributed by atoms with Gasteiger partial charge in [-0.1, -0.05) is 0 Å². The molecule has 0 aliphatic heterocycles. The van der Waals surface area contributed by atoms with Crippen molar-refractivity contribution in [2.24, 2.45) is 0 Å². The van der Waals surface area contributed by atoms with Gasteiger partial charge in [-0.3, -0.25) is 4.79 Å². The van der Waals surface area contributed by atoms with Crippen molar-refractivity contribution in [3.8, 4) is 5.75 Å². The number of aliphatic hydroxyl groups is 1. The quantitative estimate of drug-likeness (QED) is 0.788. The van der Waals surface area contributed by atoms with Gasteiger partial charge in [0.15, 0.2) is 11.6 Å². The Morgan fingerprint density at radius 3 is 2.65 bits per heavy atom. The van der Waals surface area contributed by atoms with Crippen LogP contribution in [0.5, 0.6) is 5.75 Å². The van der Waals surface area contributed by atoms with Crippen molar-refractivity contribution in [1.29, 1.82) is 0 Å². The molecule has 0 saturated heterocycles. The lowest BCUT2D eigenvalue weighted by Crippen LogP contribution is -2.30. The fourth-order valence-electron chi connectivity index (χ4n) is 1.79. The number of benzene rings is 1. The van der Waals surface area contributed by atoms with Gasteiger partial charge in [0.25, 0.3) is 5.91 Å². The number of halogens is 4. The van der Waals surface area contributed by atoms with Crippen molar-refractivity contribution in [3.05, 3.63) is 51.7 Å². The van der Waals surface area contributed by atoms with Crippen LogP contribution in [-0.2, 0) is 0 Å². The van der Waals surface area contributed by atoms with Crippen molar-refractivity contribution in [3.63, 3.8) is 0 Å². The van der Waals surface area contributed by atoms with Gasteiger partial charge < -0.3 is 15.2 Å². The smallest absolute Gasteiger partial charge is 0.387 e. The number of carbonyl (C=O) groups is 1. The van der Waals surface area contributed by atoms with Gasteiger partial charge in [0.2, 0.25) is 0 Å². The number of carbonyl (C=O) groups excluding carboxylic acids is 1. The molecule has 0 bridgehead atoms. The van der Waals surface area contributed by atoms with Gasteiger partial charge in [-0.25, -0.2) is 8.78 Å². The van der Waals surface area contributed by atoms with E-state index in [1.807, 2.05) is 0 Å². The lowest BCUT2D eigenvalue weighted by molar-refractivity contribution is -0.0523. The van der Waals surface area contributed by atoms with Crippen LogP contribution in [0.15, 0.2) is 29.0 Å². The second-order valence-electron chi connectivity index (χ2n) is 4.40. The first-order valence-corrected chi connectivity index (χ1v) is 7.25. The standard InChI is InChI=1S/C14H11F4NO3S/c15-8-1-2-10(22-14(17)18)12(16)11(8)13(21)19-5-9(20)7-3-4-23-6-7/h1-4,6,9,14,20H,5H2,(H,19,21). The van der Waals surface area contributed by atoms with Crippen molar-refractivity contribution in [2.75, 3.05) is 6.54 Å². The number of ether oxygens (including phenoxy) is 1. The second-order valence-corrected chi connectivity index (χ2v) is 5.18. The van der Waals surface area contributed by atoms with Gasteiger partial charge in [-0.05, 0) is 34.5 Å². The van der Waals surface area contributed by atoms with E-state index in [2.05, 4.69) is 10.1 Å². The summed E-state index contributed by atoms with van der Waals surface area (Å²) >= 11 is 1.33. The third kappa shape index (κ3) is 4.20. The minimum absolute atomic E-state index is 0.297. The maximum atomic E-state index is 13.9. The van der Waals surface area contributed by atoms with E-state index in [0.29, 0.717) is 17.7 Å². The second kappa shape index (κ2) is 7.42. The summed E-state index contributed by atoms with van der Waals surface area (Å²) in [7, 11) is 0. The zero-order valence-corrected chi connectivity index (χ0v) is 12.2. The minimum atomic E-state index is -3.31. The molecule has 0 aliphatic rings. The van der Waals surface area contributed by atoms with Crippen LogP contribution in [-0.4, -0.2) is 24.2 Å². The molecule has 4 nitrogen and oxygen atoms in total. The van der Waals surface area contributed by atoms with Crippen LogP contribution in [0.4, 0.5) is 17.6 Å². The SMILES string of the molecule is O=C(NCC(O)c1ccsc1)c1c(F)ccc(OC(F)F)c1F. The third-order valence-corrected chi connectivity index (χ3v) is 3.58. The van der Waals surface area contributed by atoms with E-state index < -0.39 is 41.6 Å². The van der Waals surface area contributed by atoms with E-state index in [-0.39, 0.29) is 6.54 Å². The highest BCUT2D eigenvalue weighted by molar-refractivity contribution is 7.07. The molecule has 1 heterocycles. The molecular formula is C14H11F4NO3S. The molecule has 1 amide bonds. The molecule has 1 atom stereocenters. The lowest BCUT2D eigenvalue weighted by atomic mass is 10.1. The topological polar surface area (TPSA) is 58.6 Å². The monoisotopic (exact) mass is 349 g/mol. The molecule has 0 aliphatic carbocycles. The van der Waals surface area contributed by atoms with Gasteiger partial charge in [0.05, 0.1) is 6.10 Å². The number of thiophene rings is 1. The Labute approximate surface area is 132 Å². The van der Waals surface area contributed by atoms with Crippen LogP contribution in [0.25, 0.3) is 0 Å². The maximum absolute atomic E-state index is 13.9. The Bertz CT molecular complexity index is 679. The number of alkyl halides is 2. The van der Waals surface area contributed by atoms with E-state index in [9.17, 15) is 27.5 Å². The molecule has 0 radical (unpaired) electrons. The van der Waals surface area contributed by atoms with Crippen molar-refractivity contribution in [1.82, 2.24) is 5.32 Å². The van der Waals surface area contributed by atoms with Crippen LogP contribution >= 0.6 is 11.3 Å². The maximum Gasteiger partial charge on any atom is 0.387 e. The van der Waals surface area contributed by atoms with Crippen LogP contribution in [0.3, 0.4) is 0 Å². The van der Waals surface area contributed by atoms with Crippen LogP contribution in [0.2, 0.25) is 0 Å². The lowest BCUT2D eigenvalue weighted by Gasteiger charge is -2.13. The Morgan fingerprint density at radius 2 is 2.04 bits per heavy atom. The summed E-state index contributed by atoms with van der Waals surface area (Å²) in [6, 6.07) is 2.93. The molecular weight excluding hydrogens is 338 g/mol. The fraction of sp³-hybridized carbons (Fsp3) is 0.214. The van der Waals surface area contributed by atoms with Crippen molar-refractivity contribution >= 4 is 17.2 Å². The zero-order chi connectivity index (χ0) is 17.0. The molecule has 2 N–H and O–H groups in total. The summed E-state index contributed by atoms with van der Waals surface area (Å²) in [4.78, 5) is 11.9. The number of amides is 1. The first-order valence-electron chi connectivity index (χ1n) is 6.31. The summed E-state index contributed by atoms with van der Waals surface area (Å²) in [6.45, 7) is -3.61. The molecule has 1 aromatic carbocycles. The van der Waals surface area contributed by atoms with E-state index in [1.165, 1.54) is 11.3 Å². The normalized spacial score (nSPS) is 12.3. The summed E-state index contributed by atoms with van der Waals surface area (Å²) in [5.74, 6) is -4.89. The Balaban J connectivity index is 2.12. The zero-order valence-electron chi connectivity index (χ0n) is 11.4. The van der Waals surface area contributed by atoms with E-state index in [1.54, 1.807) is 16.8 Å².